The fourth-order valence-corrected chi connectivity index (χ4v) is 6.46. The highest BCUT2D eigenvalue weighted by molar-refractivity contribution is 8.29. The van der Waals surface area contributed by atoms with E-state index in [1.807, 2.05) is 42.2 Å². The maximum absolute atomic E-state index is 12.8. The van der Waals surface area contributed by atoms with Gasteiger partial charge in [0, 0.05) is 30.4 Å². The number of para-hydroxylation sites is 1. The Labute approximate surface area is 198 Å². The SMILES string of the molecule is CCOC(=O)C1=C(C)N(c2ccccc2)C2(SC(C(C)=O)=NN2c2ccc([N+](=O)[O-])cc2)S1. The van der Waals surface area contributed by atoms with Crippen LogP contribution in [0.25, 0.3) is 0 Å². The molecular formula is C22H20N4O5S2. The van der Waals surface area contributed by atoms with E-state index in [0.29, 0.717) is 16.3 Å². The highest BCUT2D eigenvalue weighted by Gasteiger charge is 2.58. The first kappa shape index (κ1) is 22.9. The van der Waals surface area contributed by atoms with Crippen LogP contribution >= 0.6 is 23.5 Å². The lowest BCUT2D eigenvalue weighted by Gasteiger charge is -2.41. The smallest absolute Gasteiger partial charge is 0.346 e. The lowest BCUT2D eigenvalue weighted by molar-refractivity contribution is -0.384. The van der Waals surface area contributed by atoms with Crippen molar-refractivity contribution in [3.8, 4) is 0 Å². The lowest BCUT2D eigenvalue weighted by Crippen LogP contribution is -2.49. The molecule has 11 heteroatoms. The van der Waals surface area contributed by atoms with Crippen LogP contribution < -0.4 is 9.91 Å². The van der Waals surface area contributed by atoms with Crippen molar-refractivity contribution in [2.24, 2.45) is 5.10 Å². The van der Waals surface area contributed by atoms with Gasteiger partial charge in [-0.2, -0.15) is 5.10 Å². The summed E-state index contributed by atoms with van der Waals surface area (Å²) in [6.45, 7) is 5.21. The molecule has 0 aliphatic carbocycles. The molecule has 0 fully saturated rings. The minimum Gasteiger partial charge on any atom is -0.462 e. The molecule has 170 valence electrons. The first-order valence-corrected chi connectivity index (χ1v) is 11.7. The Morgan fingerprint density at radius 1 is 1.09 bits per heavy atom. The van der Waals surface area contributed by atoms with Gasteiger partial charge in [0.1, 0.15) is 4.91 Å². The van der Waals surface area contributed by atoms with Gasteiger partial charge in [0.05, 0.1) is 17.2 Å². The summed E-state index contributed by atoms with van der Waals surface area (Å²) in [5, 5.41) is 17.6. The highest BCUT2D eigenvalue weighted by atomic mass is 32.2. The zero-order valence-corrected chi connectivity index (χ0v) is 19.7. The van der Waals surface area contributed by atoms with Crippen LogP contribution in [0.15, 0.2) is 70.3 Å². The van der Waals surface area contributed by atoms with Gasteiger partial charge in [-0.25, -0.2) is 9.80 Å². The second-order valence-corrected chi connectivity index (χ2v) is 9.71. The third-order valence-corrected chi connectivity index (χ3v) is 7.92. The first-order valence-electron chi connectivity index (χ1n) is 10.0. The number of carbonyl (C=O) groups excluding carboxylic acids is 2. The summed E-state index contributed by atoms with van der Waals surface area (Å²) in [5.41, 5.74) is 1.93. The van der Waals surface area contributed by atoms with E-state index in [9.17, 15) is 19.7 Å². The van der Waals surface area contributed by atoms with Gasteiger partial charge in [-0.3, -0.25) is 14.9 Å². The zero-order valence-electron chi connectivity index (χ0n) is 18.0. The number of anilines is 2. The number of carbonyl (C=O) groups is 2. The average Bonchev–Trinajstić information content (AvgIpc) is 3.32. The molecule has 0 aromatic heterocycles. The van der Waals surface area contributed by atoms with Crippen molar-refractivity contribution in [3.63, 3.8) is 0 Å². The topological polar surface area (TPSA) is 105 Å². The van der Waals surface area contributed by atoms with Crippen LogP contribution in [0.2, 0.25) is 0 Å². The number of ketones is 1. The molecule has 2 aromatic rings. The molecule has 0 bridgehead atoms. The van der Waals surface area contributed by atoms with E-state index in [1.165, 1.54) is 42.6 Å². The van der Waals surface area contributed by atoms with Gasteiger partial charge in [-0.15, -0.1) is 0 Å². The molecular weight excluding hydrogens is 464 g/mol. The Morgan fingerprint density at radius 3 is 2.33 bits per heavy atom. The molecule has 1 spiro atoms. The number of allylic oxidation sites excluding steroid dienone is 1. The standard InChI is InChI=1S/C22H20N4O5S2/c1-4-31-21(28)19-14(2)24(16-8-6-5-7-9-16)22(32-19)25(23-20(33-22)15(3)27)17-10-12-18(13-11-17)26(29)30/h5-13H,4H2,1-3H3. The number of non-ortho nitro benzene ring substituents is 1. The van der Waals surface area contributed by atoms with Crippen molar-refractivity contribution in [1.29, 1.82) is 0 Å². The Bertz CT molecular complexity index is 1180. The zero-order chi connectivity index (χ0) is 23.8. The molecule has 33 heavy (non-hydrogen) atoms. The number of rotatable bonds is 6. The van der Waals surface area contributed by atoms with Crippen molar-refractivity contribution < 1.29 is 19.2 Å². The molecule has 0 saturated carbocycles. The van der Waals surface area contributed by atoms with Crippen molar-refractivity contribution in [3.05, 3.63) is 75.3 Å². The number of benzene rings is 2. The quantitative estimate of drug-likeness (QED) is 0.327. The number of Topliss-reactive ketones (excluding diaryl/α,β-unsaturated/α-hetero) is 1. The summed E-state index contributed by atoms with van der Waals surface area (Å²) >= 11 is 2.45. The molecule has 0 N–H and O–H groups in total. The Kier molecular flexibility index (Phi) is 6.17. The predicted molar refractivity (Wildman–Crippen MR) is 130 cm³/mol. The van der Waals surface area contributed by atoms with Gasteiger partial charge >= 0.3 is 5.97 Å². The number of hydrazone groups is 1. The summed E-state index contributed by atoms with van der Waals surface area (Å²) in [6, 6.07) is 15.4. The number of hydrogen-bond acceptors (Lipinski definition) is 10. The van der Waals surface area contributed by atoms with Gasteiger partial charge in [0.25, 0.3) is 5.69 Å². The molecule has 0 radical (unpaired) electrons. The van der Waals surface area contributed by atoms with Crippen LogP contribution in [0, 0.1) is 10.1 Å². The van der Waals surface area contributed by atoms with Crippen LogP contribution in [0.1, 0.15) is 20.8 Å². The maximum Gasteiger partial charge on any atom is 0.346 e. The summed E-state index contributed by atoms with van der Waals surface area (Å²) in [7, 11) is 0. The van der Waals surface area contributed by atoms with Crippen molar-refractivity contribution in [1.82, 2.24) is 0 Å². The molecule has 2 heterocycles. The molecule has 4 rings (SSSR count). The van der Waals surface area contributed by atoms with Gasteiger partial charge in [-0.05, 0) is 49.9 Å². The van der Waals surface area contributed by atoms with E-state index in [0.717, 1.165) is 5.69 Å². The second kappa shape index (κ2) is 8.91. The average molecular weight is 485 g/mol. The number of thioether (sulfide) groups is 2. The monoisotopic (exact) mass is 484 g/mol. The third-order valence-electron chi connectivity index (χ3n) is 4.95. The summed E-state index contributed by atoms with van der Waals surface area (Å²) in [5.74, 6) is -0.682. The number of hydrogen-bond donors (Lipinski definition) is 0. The van der Waals surface area contributed by atoms with Gasteiger partial charge in [0.15, 0.2) is 10.8 Å². The van der Waals surface area contributed by atoms with E-state index in [1.54, 1.807) is 24.1 Å². The van der Waals surface area contributed by atoms with E-state index >= 15 is 0 Å². The minimum absolute atomic E-state index is 0.0593. The molecule has 2 aliphatic heterocycles. The number of nitro groups is 1. The first-order chi connectivity index (χ1) is 15.8. The Morgan fingerprint density at radius 2 is 1.76 bits per heavy atom. The van der Waals surface area contributed by atoms with Crippen LogP contribution in [0.4, 0.5) is 17.1 Å². The van der Waals surface area contributed by atoms with Crippen molar-refractivity contribution >= 4 is 57.4 Å². The Hall–Kier alpha value is -3.31. The molecule has 0 amide bonds. The largest absolute Gasteiger partial charge is 0.462 e. The fourth-order valence-electron chi connectivity index (χ4n) is 3.51. The highest BCUT2D eigenvalue weighted by Crippen LogP contribution is 2.60. The van der Waals surface area contributed by atoms with E-state index < -0.39 is 15.2 Å². The number of nitro benzene ring substituents is 1. The molecule has 9 nitrogen and oxygen atoms in total. The number of nitrogens with zero attached hydrogens (tertiary/aromatic N) is 4. The van der Waals surface area contributed by atoms with Gasteiger partial charge < -0.3 is 9.64 Å². The number of ether oxygens (including phenoxy) is 1. The molecule has 1 unspecified atom stereocenters. The van der Waals surface area contributed by atoms with Crippen LogP contribution in [-0.2, 0) is 14.3 Å². The summed E-state index contributed by atoms with van der Waals surface area (Å²) < 4.78 is 4.21. The molecule has 2 aromatic carbocycles. The van der Waals surface area contributed by atoms with E-state index in [4.69, 9.17) is 4.74 Å². The van der Waals surface area contributed by atoms with E-state index in [2.05, 4.69) is 5.10 Å². The summed E-state index contributed by atoms with van der Waals surface area (Å²) in [6.07, 6.45) is 0. The fraction of sp³-hybridized carbons (Fsp3) is 0.227. The third kappa shape index (κ3) is 3.98. The van der Waals surface area contributed by atoms with Crippen molar-refractivity contribution in [2.45, 2.75) is 25.1 Å². The van der Waals surface area contributed by atoms with Crippen LogP contribution in [0.3, 0.4) is 0 Å². The van der Waals surface area contributed by atoms with Crippen molar-refractivity contribution in [2.75, 3.05) is 16.5 Å². The second-order valence-electron chi connectivity index (χ2n) is 7.11. The van der Waals surface area contributed by atoms with E-state index in [-0.39, 0.29) is 23.1 Å². The minimum atomic E-state index is -1.08. The molecule has 0 saturated heterocycles. The number of esters is 1. The van der Waals surface area contributed by atoms with Crippen LogP contribution in [0.5, 0.6) is 0 Å². The Balaban J connectivity index is 1.88. The lowest BCUT2D eigenvalue weighted by atomic mass is 10.2. The normalized spacial score (nSPS) is 19.8. The summed E-state index contributed by atoms with van der Waals surface area (Å²) in [4.78, 5) is 38.2. The van der Waals surface area contributed by atoms with Crippen LogP contribution in [-0.4, -0.2) is 32.7 Å². The predicted octanol–water partition coefficient (Wildman–Crippen LogP) is 4.71. The maximum atomic E-state index is 12.8. The molecule has 2 aliphatic rings. The van der Waals surface area contributed by atoms with Gasteiger partial charge in [0.2, 0.25) is 4.33 Å². The van der Waals surface area contributed by atoms with Gasteiger partial charge in [-0.1, -0.05) is 30.0 Å². The molecule has 1 atom stereocenters.